The second kappa shape index (κ2) is 8.78. The predicted octanol–water partition coefficient (Wildman–Crippen LogP) is 6.05. The van der Waals surface area contributed by atoms with Gasteiger partial charge < -0.3 is 10.6 Å². The normalized spacial score (nSPS) is 23.2. The van der Waals surface area contributed by atoms with Crippen LogP contribution in [0.25, 0.3) is 0 Å². The third kappa shape index (κ3) is 5.38. The molecule has 4 atom stereocenters. The molecular formula is C22H23F7N2. The number of halogens is 7. The Balaban J connectivity index is 1.90. The summed E-state index contributed by atoms with van der Waals surface area (Å²) in [6.45, 7) is 1.55. The van der Waals surface area contributed by atoms with Gasteiger partial charge in [-0.3, -0.25) is 0 Å². The summed E-state index contributed by atoms with van der Waals surface area (Å²) >= 11 is 0. The van der Waals surface area contributed by atoms with Gasteiger partial charge in [-0.05, 0) is 68.3 Å². The summed E-state index contributed by atoms with van der Waals surface area (Å²) in [5.74, 6) is -0.495. The first-order valence-corrected chi connectivity index (χ1v) is 9.88. The topological polar surface area (TPSA) is 24.1 Å². The summed E-state index contributed by atoms with van der Waals surface area (Å²) in [4.78, 5) is 0. The van der Waals surface area contributed by atoms with E-state index in [0.29, 0.717) is 6.42 Å². The minimum Gasteiger partial charge on any atom is -0.316 e. The fraction of sp³-hybridized carbons (Fsp3) is 0.455. The lowest BCUT2D eigenvalue weighted by molar-refractivity contribution is -0.143. The largest absolute Gasteiger partial charge is 0.416 e. The van der Waals surface area contributed by atoms with Crippen molar-refractivity contribution < 1.29 is 30.7 Å². The van der Waals surface area contributed by atoms with Crippen LogP contribution in [-0.2, 0) is 12.4 Å². The molecule has 0 radical (unpaired) electrons. The molecule has 1 aliphatic carbocycles. The minimum absolute atomic E-state index is 0.0439. The van der Waals surface area contributed by atoms with Crippen molar-refractivity contribution in [2.24, 2.45) is 0 Å². The predicted molar refractivity (Wildman–Crippen MR) is 103 cm³/mol. The Labute approximate surface area is 175 Å². The fourth-order valence-corrected chi connectivity index (χ4v) is 4.31. The van der Waals surface area contributed by atoms with Crippen LogP contribution in [-0.4, -0.2) is 19.1 Å². The molecule has 0 aromatic heterocycles. The monoisotopic (exact) mass is 448 g/mol. The highest BCUT2D eigenvalue weighted by Gasteiger charge is 2.39. The van der Waals surface area contributed by atoms with Gasteiger partial charge in [0.2, 0.25) is 0 Å². The summed E-state index contributed by atoms with van der Waals surface area (Å²) in [6, 6.07) is 6.70. The van der Waals surface area contributed by atoms with Gasteiger partial charge in [0.25, 0.3) is 0 Å². The number of alkyl halides is 6. The Morgan fingerprint density at radius 2 is 1.35 bits per heavy atom. The third-order valence-corrected chi connectivity index (χ3v) is 5.86. The Morgan fingerprint density at radius 3 is 1.84 bits per heavy atom. The molecule has 0 aliphatic heterocycles. The molecule has 3 rings (SSSR count). The van der Waals surface area contributed by atoms with Crippen molar-refractivity contribution in [3.63, 3.8) is 0 Å². The molecule has 2 aromatic rings. The highest BCUT2D eigenvalue weighted by Crippen LogP contribution is 2.39. The van der Waals surface area contributed by atoms with Gasteiger partial charge in [-0.2, -0.15) is 26.3 Å². The summed E-state index contributed by atoms with van der Waals surface area (Å²) in [5.41, 5.74) is -1.91. The SMILES string of the molecule is CNC1CCC(N[C@H](C)c2cc(C(F)(F)F)cc(C(F)(F)F)c2)C1c1ccc(F)cc1. The van der Waals surface area contributed by atoms with Gasteiger partial charge in [0, 0.05) is 24.0 Å². The lowest BCUT2D eigenvalue weighted by Gasteiger charge is -2.29. The van der Waals surface area contributed by atoms with E-state index >= 15 is 0 Å². The molecule has 1 fully saturated rings. The van der Waals surface area contributed by atoms with Crippen molar-refractivity contribution >= 4 is 0 Å². The summed E-state index contributed by atoms with van der Waals surface area (Å²) in [7, 11) is 1.79. The number of likely N-dealkylation sites (N-methyl/N-ethyl adjacent to an activating group) is 1. The summed E-state index contributed by atoms with van der Waals surface area (Å²) in [6.07, 6.45) is -8.35. The Kier molecular flexibility index (Phi) is 6.67. The van der Waals surface area contributed by atoms with E-state index < -0.39 is 29.5 Å². The van der Waals surface area contributed by atoms with E-state index in [-0.39, 0.29) is 35.4 Å². The molecule has 9 heteroatoms. The van der Waals surface area contributed by atoms with Crippen molar-refractivity contribution in [2.75, 3.05) is 7.05 Å². The van der Waals surface area contributed by atoms with Gasteiger partial charge in [-0.25, -0.2) is 4.39 Å². The van der Waals surface area contributed by atoms with Gasteiger partial charge in [0.05, 0.1) is 11.1 Å². The van der Waals surface area contributed by atoms with Crippen LogP contribution in [0.1, 0.15) is 54.0 Å². The molecule has 3 unspecified atom stereocenters. The summed E-state index contributed by atoms with van der Waals surface area (Å²) in [5, 5.41) is 6.41. The average Bonchev–Trinajstić information content (AvgIpc) is 3.09. The van der Waals surface area contributed by atoms with Crippen LogP contribution >= 0.6 is 0 Å². The van der Waals surface area contributed by atoms with Crippen molar-refractivity contribution in [1.82, 2.24) is 10.6 Å². The first kappa shape index (κ1) is 23.5. The lowest BCUT2D eigenvalue weighted by atomic mass is 9.90. The molecule has 0 amide bonds. The van der Waals surface area contributed by atoms with E-state index in [0.717, 1.165) is 24.1 Å². The van der Waals surface area contributed by atoms with Crippen molar-refractivity contribution in [1.29, 1.82) is 0 Å². The van der Waals surface area contributed by atoms with Crippen LogP contribution in [0.4, 0.5) is 30.7 Å². The van der Waals surface area contributed by atoms with Gasteiger partial charge in [-0.15, -0.1) is 0 Å². The van der Waals surface area contributed by atoms with Crippen molar-refractivity contribution in [3.8, 4) is 0 Å². The van der Waals surface area contributed by atoms with Crippen molar-refractivity contribution in [2.45, 2.75) is 56.2 Å². The molecule has 31 heavy (non-hydrogen) atoms. The zero-order valence-corrected chi connectivity index (χ0v) is 16.9. The number of hydrogen-bond acceptors (Lipinski definition) is 2. The van der Waals surface area contributed by atoms with Crippen LogP contribution < -0.4 is 10.6 Å². The maximum absolute atomic E-state index is 13.3. The Hall–Kier alpha value is -2.13. The molecule has 0 saturated heterocycles. The zero-order chi connectivity index (χ0) is 23.0. The van der Waals surface area contributed by atoms with Crippen LogP contribution in [0.2, 0.25) is 0 Å². The van der Waals surface area contributed by atoms with E-state index in [1.54, 1.807) is 26.1 Å². The molecule has 1 aliphatic rings. The molecule has 0 bridgehead atoms. The third-order valence-electron chi connectivity index (χ3n) is 5.86. The first-order chi connectivity index (χ1) is 14.4. The fourth-order valence-electron chi connectivity index (χ4n) is 4.31. The van der Waals surface area contributed by atoms with E-state index in [4.69, 9.17) is 0 Å². The summed E-state index contributed by atoms with van der Waals surface area (Å²) < 4.78 is 92.5. The highest BCUT2D eigenvalue weighted by molar-refractivity contribution is 5.35. The number of benzene rings is 2. The Bertz CT molecular complexity index is 858. The minimum atomic E-state index is -4.89. The lowest BCUT2D eigenvalue weighted by Crippen LogP contribution is -2.39. The molecule has 2 N–H and O–H groups in total. The zero-order valence-electron chi connectivity index (χ0n) is 16.9. The molecule has 2 aromatic carbocycles. The second-order valence-corrected chi connectivity index (χ2v) is 7.88. The van der Waals surface area contributed by atoms with Gasteiger partial charge >= 0.3 is 12.4 Å². The standard InChI is InChI=1S/C22H23F7N2/c1-12(14-9-15(21(24,25)26)11-16(10-14)22(27,28)29)31-19-8-7-18(30-2)20(19)13-3-5-17(23)6-4-13/h3-6,9-12,18-20,30-31H,7-8H2,1-2H3/t12-,18?,19?,20?/m1/s1. The van der Waals surface area contributed by atoms with E-state index in [1.165, 1.54) is 12.1 Å². The van der Waals surface area contributed by atoms with Crippen LogP contribution in [0.15, 0.2) is 42.5 Å². The number of nitrogens with one attached hydrogen (secondary N) is 2. The van der Waals surface area contributed by atoms with Crippen LogP contribution in [0, 0.1) is 5.82 Å². The molecule has 0 spiro atoms. The molecular weight excluding hydrogens is 425 g/mol. The van der Waals surface area contributed by atoms with Crippen molar-refractivity contribution in [3.05, 3.63) is 70.5 Å². The van der Waals surface area contributed by atoms with E-state index in [1.807, 2.05) is 0 Å². The van der Waals surface area contributed by atoms with Gasteiger partial charge in [0.1, 0.15) is 5.82 Å². The van der Waals surface area contributed by atoms with E-state index in [2.05, 4.69) is 10.6 Å². The van der Waals surface area contributed by atoms with Gasteiger partial charge in [-0.1, -0.05) is 12.1 Å². The van der Waals surface area contributed by atoms with Crippen LogP contribution in [0.3, 0.4) is 0 Å². The molecule has 0 heterocycles. The maximum atomic E-state index is 13.3. The van der Waals surface area contributed by atoms with Gasteiger partial charge in [0.15, 0.2) is 0 Å². The smallest absolute Gasteiger partial charge is 0.316 e. The molecule has 2 nitrogen and oxygen atoms in total. The van der Waals surface area contributed by atoms with Crippen LogP contribution in [0.5, 0.6) is 0 Å². The molecule has 170 valence electrons. The average molecular weight is 448 g/mol. The number of rotatable bonds is 5. The quantitative estimate of drug-likeness (QED) is 0.545. The number of hydrogen-bond donors (Lipinski definition) is 2. The Morgan fingerprint density at radius 1 is 0.839 bits per heavy atom. The highest BCUT2D eigenvalue weighted by atomic mass is 19.4. The maximum Gasteiger partial charge on any atom is 0.416 e. The second-order valence-electron chi connectivity index (χ2n) is 7.88. The first-order valence-electron chi connectivity index (χ1n) is 9.88. The molecule has 1 saturated carbocycles. The van der Waals surface area contributed by atoms with E-state index in [9.17, 15) is 30.7 Å².